The topological polar surface area (TPSA) is 31.4 Å². The molecule has 0 spiro atoms. The Balaban J connectivity index is 1.91. The minimum absolute atomic E-state index is 0.336. The molecule has 1 saturated carbocycles. The Hall–Kier alpha value is -0.575. The molecular weight excluding hydrogens is 272 g/mol. The zero-order valence-corrected chi connectivity index (χ0v) is 13.3. The lowest BCUT2D eigenvalue weighted by atomic mass is 9.77. The summed E-state index contributed by atoms with van der Waals surface area (Å²) >= 11 is 6.12. The third-order valence-electron chi connectivity index (χ3n) is 4.66. The van der Waals surface area contributed by atoms with E-state index in [4.69, 9.17) is 20.9 Å². The quantitative estimate of drug-likeness (QED) is 0.803. The van der Waals surface area contributed by atoms with Gasteiger partial charge in [0.2, 0.25) is 0 Å². The Morgan fingerprint density at radius 3 is 2.40 bits per heavy atom. The van der Waals surface area contributed by atoms with E-state index < -0.39 is 0 Å². The van der Waals surface area contributed by atoms with Gasteiger partial charge < -0.3 is 9.31 Å². The van der Waals surface area contributed by atoms with Crippen LogP contribution < -0.4 is 5.46 Å². The second-order valence-corrected chi connectivity index (χ2v) is 7.36. The molecule has 0 radical (unpaired) electrons. The van der Waals surface area contributed by atoms with Crippen LogP contribution >= 0.6 is 11.6 Å². The van der Waals surface area contributed by atoms with Crippen LogP contribution in [-0.4, -0.2) is 23.3 Å². The molecule has 3 rings (SSSR count). The monoisotopic (exact) mass is 293 g/mol. The molecule has 0 unspecified atom stereocenters. The number of rotatable bonds is 3. The summed E-state index contributed by atoms with van der Waals surface area (Å²) in [7, 11) is -0.375. The van der Waals surface area contributed by atoms with Gasteiger partial charge in [0.1, 0.15) is 0 Å². The molecule has 0 bridgehead atoms. The third kappa shape index (κ3) is 2.61. The molecular formula is C15H21BClNO2. The molecule has 1 aromatic rings. The van der Waals surface area contributed by atoms with Crippen molar-refractivity contribution in [1.29, 1.82) is 0 Å². The fourth-order valence-corrected chi connectivity index (χ4v) is 2.59. The zero-order chi connectivity index (χ0) is 14.5. The summed E-state index contributed by atoms with van der Waals surface area (Å²) in [5, 5.41) is 0.634. The van der Waals surface area contributed by atoms with Crippen molar-refractivity contribution < 1.29 is 9.31 Å². The standard InChI is InChI=1S/C15H21BClNO2/c1-14(2)15(3,4)20-16(19-14)12-8-11(17)9-18-13(12)7-10-5-6-10/h8-10H,5-7H2,1-4H3. The van der Waals surface area contributed by atoms with Crippen molar-refractivity contribution >= 4 is 24.2 Å². The summed E-state index contributed by atoms with van der Waals surface area (Å²) in [6, 6.07) is 1.94. The van der Waals surface area contributed by atoms with Gasteiger partial charge in [-0.15, -0.1) is 0 Å². The van der Waals surface area contributed by atoms with Gasteiger partial charge >= 0.3 is 7.12 Å². The van der Waals surface area contributed by atoms with Crippen LogP contribution in [0, 0.1) is 5.92 Å². The van der Waals surface area contributed by atoms with E-state index >= 15 is 0 Å². The largest absolute Gasteiger partial charge is 0.496 e. The predicted molar refractivity (Wildman–Crippen MR) is 81.4 cm³/mol. The highest BCUT2D eigenvalue weighted by molar-refractivity contribution is 6.62. The number of hydrogen-bond acceptors (Lipinski definition) is 3. The minimum atomic E-state index is -0.375. The van der Waals surface area contributed by atoms with Gasteiger partial charge in [-0.05, 0) is 58.9 Å². The highest BCUT2D eigenvalue weighted by Gasteiger charge is 2.52. The van der Waals surface area contributed by atoms with E-state index in [0.717, 1.165) is 23.5 Å². The first kappa shape index (κ1) is 14.4. The maximum atomic E-state index is 6.13. The summed E-state index contributed by atoms with van der Waals surface area (Å²) in [4.78, 5) is 4.51. The first-order valence-electron chi connectivity index (χ1n) is 7.28. The third-order valence-corrected chi connectivity index (χ3v) is 4.86. The number of aromatic nitrogens is 1. The van der Waals surface area contributed by atoms with Gasteiger partial charge in [0.15, 0.2) is 0 Å². The second kappa shape index (κ2) is 4.72. The van der Waals surface area contributed by atoms with E-state index in [2.05, 4.69) is 32.7 Å². The lowest BCUT2D eigenvalue weighted by Crippen LogP contribution is -2.41. The molecule has 0 atom stereocenters. The molecule has 1 aromatic heterocycles. The highest BCUT2D eigenvalue weighted by Crippen LogP contribution is 2.37. The van der Waals surface area contributed by atoms with Crippen LogP contribution in [0.25, 0.3) is 0 Å². The van der Waals surface area contributed by atoms with E-state index in [-0.39, 0.29) is 18.3 Å². The van der Waals surface area contributed by atoms with Gasteiger partial charge in [-0.1, -0.05) is 11.6 Å². The first-order chi connectivity index (χ1) is 9.28. The maximum Gasteiger partial charge on any atom is 0.496 e. The van der Waals surface area contributed by atoms with Gasteiger partial charge in [0.25, 0.3) is 0 Å². The average molecular weight is 294 g/mol. The van der Waals surface area contributed by atoms with Crippen LogP contribution in [-0.2, 0) is 15.7 Å². The molecule has 5 heteroatoms. The highest BCUT2D eigenvalue weighted by atomic mass is 35.5. The molecule has 2 fully saturated rings. The van der Waals surface area contributed by atoms with Crippen LogP contribution in [0.15, 0.2) is 12.3 Å². The number of halogens is 1. The van der Waals surface area contributed by atoms with E-state index in [9.17, 15) is 0 Å². The molecule has 0 N–H and O–H groups in total. The fraction of sp³-hybridized carbons (Fsp3) is 0.667. The van der Waals surface area contributed by atoms with E-state index in [1.54, 1.807) is 6.20 Å². The SMILES string of the molecule is CC1(C)OB(c2cc(Cl)cnc2CC2CC2)OC1(C)C. The average Bonchev–Trinajstić information content (AvgIpc) is 3.10. The van der Waals surface area contributed by atoms with Gasteiger partial charge in [0.05, 0.1) is 16.2 Å². The van der Waals surface area contributed by atoms with E-state index in [0.29, 0.717) is 5.02 Å². The number of hydrogen-bond donors (Lipinski definition) is 0. The first-order valence-corrected chi connectivity index (χ1v) is 7.66. The Kier molecular flexibility index (Phi) is 3.39. The molecule has 0 amide bonds. The fourth-order valence-electron chi connectivity index (χ4n) is 2.42. The van der Waals surface area contributed by atoms with Crippen LogP contribution in [0.1, 0.15) is 46.2 Å². The Morgan fingerprint density at radius 1 is 1.25 bits per heavy atom. The van der Waals surface area contributed by atoms with Crippen LogP contribution in [0.4, 0.5) is 0 Å². The second-order valence-electron chi connectivity index (χ2n) is 6.93. The number of pyridine rings is 1. The molecule has 1 aliphatic carbocycles. The molecule has 2 aliphatic rings. The van der Waals surface area contributed by atoms with Crippen molar-refractivity contribution in [3.05, 3.63) is 23.0 Å². The smallest absolute Gasteiger partial charge is 0.399 e. The van der Waals surface area contributed by atoms with Crippen molar-refractivity contribution in [3.8, 4) is 0 Å². The summed E-state index contributed by atoms with van der Waals surface area (Å²) in [6.45, 7) is 8.24. The molecule has 0 aromatic carbocycles. The zero-order valence-electron chi connectivity index (χ0n) is 12.6. The maximum absolute atomic E-state index is 6.13. The van der Waals surface area contributed by atoms with Crippen molar-refractivity contribution in [2.24, 2.45) is 5.92 Å². The Morgan fingerprint density at radius 2 is 1.85 bits per heavy atom. The van der Waals surface area contributed by atoms with Gasteiger partial charge in [-0.25, -0.2) is 0 Å². The molecule has 2 heterocycles. The van der Waals surface area contributed by atoms with Crippen LogP contribution in [0.5, 0.6) is 0 Å². The van der Waals surface area contributed by atoms with Gasteiger partial charge in [-0.2, -0.15) is 0 Å². The Bertz CT molecular complexity index is 513. The van der Waals surface area contributed by atoms with Crippen LogP contribution in [0.3, 0.4) is 0 Å². The summed E-state index contributed by atoms with van der Waals surface area (Å²) in [5.41, 5.74) is 1.38. The van der Waals surface area contributed by atoms with Crippen LogP contribution in [0.2, 0.25) is 5.02 Å². The van der Waals surface area contributed by atoms with Crippen molar-refractivity contribution in [1.82, 2.24) is 4.98 Å². The van der Waals surface area contributed by atoms with E-state index in [1.807, 2.05) is 6.07 Å². The van der Waals surface area contributed by atoms with Crippen molar-refractivity contribution in [3.63, 3.8) is 0 Å². The number of nitrogens with zero attached hydrogens (tertiary/aromatic N) is 1. The lowest BCUT2D eigenvalue weighted by Gasteiger charge is -2.32. The molecule has 3 nitrogen and oxygen atoms in total. The molecule has 1 aliphatic heterocycles. The molecule has 108 valence electrons. The summed E-state index contributed by atoms with van der Waals surface area (Å²) < 4.78 is 12.3. The minimum Gasteiger partial charge on any atom is -0.399 e. The summed E-state index contributed by atoms with van der Waals surface area (Å²) in [5.74, 6) is 0.768. The molecule has 1 saturated heterocycles. The predicted octanol–water partition coefficient (Wildman–Crippen LogP) is 2.99. The van der Waals surface area contributed by atoms with Gasteiger partial charge in [0, 0.05) is 17.4 Å². The van der Waals surface area contributed by atoms with Gasteiger partial charge in [-0.3, -0.25) is 4.98 Å². The van der Waals surface area contributed by atoms with E-state index in [1.165, 1.54) is 12.8 Å². The molecule has 20 heavy (non-hydrogen) atoms. The normalized spacial score (nSPS) is 24.1. The Labute approximate surface area is 126 Å². The summed E-state index contributed by atoms with van der Waals surface area (Å²) in [6.07, 6.45) is 5.31. The van der Waals surface area contributed by atoms with Crippen molar-refractivity contribution in [2.75, 3.05) is 0 Å². The lowest BCUT2D eigenvalue weighted by molar-refractivity contribution is 0.00578. The van der Waals surface area contributed by atoms with Crippen molar-refractivity contribution in [2.45, 2.75) is 58.2 Å².